The van der Waals surface area contributed by atoms with Crippen molar-refractivity contribution in [1.82, 2.24) is 20.2 Å². The average Bonchev–Trinajstić information content (AvgIpc) is 2.60. The lowest BCUT2D eigenvalue weighted by atomic mass is 9.80. The molecule has 0 aromatic carbocycles. The van der Waals surface area contributed by atoms with Crippen LogP contribution in [0.1, 0.15) is 44.3 Å². The molecule has 136 valence electrons. The normalized spacial score (nSPS) is 21.3. The number of aromatic nitrogens is 2. The predicted molar refractivity (Wildman–Crippen MR) is 101 cm³/mol. The molecule has 0 saturated heterocycles. The Morgan fingerprint density at radius 1 is 1.21 bits per heavy atom. The first-order valence-electron chi connectivity index (χ1n) is 9.14. The summed E-state index contributed by atoms with van der Waals surface area (Å²) in [7, 11) is 2.18. The molecule has 0 radical (unpaired) electrons. The summed E-state index contributed by atoms with van der Waals surface area (Å²) >= 11 is 3.35. The number of hydrogen-bond donors (Lipinski definition) is 2. The molecule has 1 heterocycles. The zero-order chi connectivity index (χ0) is 17.2. The molecule has 0 unspecified atom stereocenters. The van der Waals surface area contributed by atoms with Crippen LogP contribution in [0.15, 0.2) is 16.9 Å². The number of aliphatic hydroxyl groups excluding tert-OH is 1. The van der Waals surface area contributed by atoms with Gasteiger partial charge in [0, 0.05) is 32.1 Å². The second kappa shape index (κ2) is 11.1. The molecular formula is C18H31BrN4O. The van der Waals surface area contributed by atoms with Gasteiger partial charge in [0.2, 0.25) is 0 Å². The van der Waals surface area contributed by atoms with Gasteiger partial charge in [0.25, 0.3) is 0 Å². The lowest BCUT2D eigenvalue weighted by Crippen LogP contribution is -2.30. The van der Waals surface area contributed by atoms with Crippen molar-refractivity contribution in [1.29, 1.82) is 0 Å². The second-order valence-corrected chi connectivity index (χ2v) is 7.92. The van der Waals surface area contributed by atoms with E-state index in [1.165, 1.54) is 38.6 Å². The number of aliphatic hydroxyl groups is 1. The molecule has 0 amide bonds. The smallest absolute Gasteiger partial charge is 0.142 e. The number of hydrogen-bond acceptors (Lipinski definition) is 5. The van der Waals surface area contributed by atoms with Crippen LogP contribution in [0, 0.1) is 11.8 Å². The van der Waals surface area contributed by atoms with Crippen LogP contribution in [0.4, 0.5) is 0 Å². The Morgan fingerprint density at radius 2 is 1.88 bits per heavy atom. The maximum absolute atomic E-state index is 8.90. The quantitative estimate of drug-likeness (QED) is 0.593. The van der Waals surface area contributed by atoms with E-state index >= 15 is 0 Å². The third-order valence-corrected chi connectivity index (χ3v) is 5.33. The van der Waals surface area contributed by atoms with Crippen LogP contribution in [0.2, 0.25) is 0 Å². The van der Waals surface area contributed by atoms with Gasteiger partial charge in [-0.15, -0.1) is 0 Å². The summed E-state index contributed by atoms with van der Waals surface area (Å²) in [5, 5.41) is 12.4. The number of nitrogens with zero attached hydrogens (tertiary/aromatic N) is 3. The van der Waals surface area contributed by atoms with Gasteiger partial charge in [0.1, 0.15) is 5.82 Å². The molecule has 0 aliphatic heterocycles. The van der Waals surface area contributed by atoms with Gasteiger partial charge in [-0.2, -0.15) is 0 Å². The summed E-state index contributed by atoms with van der Waals surface area (Å²) in [5.74, 6) is 2.56. The zero-order valence-electron chi connectivity index (χ0n) is 14.8. The van der Waals surface area contributed by atoms with Gasteiger partial charge in [-0.25, -0.2) is 9.97 Å². The van der Waals surface area contributed by atoms with Crippen molar-refractivity contribution >= 4 is 15.9 Å². The highest BCUT2D eigenvalue weighted by molar-refractivity contribution is 9.10. The molecule has 0 spiro atoms. The van der Waals surface area contributed by atoms with E-state index in [0.717, 1.165) is 48.2 Å². The second-order valence-electron chi connectivity index (χ2n) is 7.01. The summed E-state index contributed by atoms with van der Waals surface area (Å²) in [6, 6.07) is 0. The predicted octanol–water partition coefficient (Wildman–Crippen LogP) is 2.84. The lowest BCUT2D eigenvalue weighted by Gasteiger charge is -2.31. The molecule has 1 saturated carbocycles. The fourth-order valence-electron chi connectivity index (χ4n) is 3.51. The Hall–Kier alpha value is -0.560. The Bertz CT molecular complexity index is 449. The van der Waals surface area contributed by atoms with Gasteiger partial charge < -0.3 is 15.3 Å². The molecule has 6 heteroatoms. The van der Waals surface area contributed by atoms with Gasteiger partial charge in [0.05, 0.1) is 11.0 Å². The van der Waals surface area contributed by atoms with E-state index in [1.54, 1.807) is 12.4 Å². The molecule has 1 aliphatic rings. The summed E-state index contributed by atoms with van der Waals surface area (Å²) in [6.07, 6.45) is 11.1. The number of halogens is 1. The highest BCUT2D eigenvalue weighted by Crippen LogP contribution is 2.30. The Morgan fingerprint density at radius 3 is 2.54 bits per heavy atom. The molecule has 1 aromatic heterocycles. The van der Waals surface area contributed by atoms with Crippen molar-refractivity contribution in [2.45, 2.75) is 45.1 Å². The van der Waals surface area contributed by atoms with Crippen LogP contribution in [-0.4, -0.2) is 53.3 Å². The van der Waals surface area contributed by atoms with E-state index in [1.807, 2.05) is 0 Å². The highest BCUT2D eigenvalue weighted by Gasteiger charge is 2.21. The van der Waals surface area contributed by atoms with E-state index in [-0.39, 0.29) is 0 Å². The molecular weight excluding hydrogens is 368 g/mol. The topological polar surface area (TPSA) is 61.3 Å². The molecule has 0 bridgehead atoms. The maximum atomic E-state index is 8.90. The SMILES string of the molecule is CN(CCCO)CC1CCC(CCNCc2ncc(Br)cn2)CC1. The summed E-state index contributed by atoms with van der Waals surface area (Å²) in [4.78, 5) is 10.9. The van der Waals surface area contributed by atoms with Crippen molar-refractivity contribution in [3.8, 4) is 0 Å². The van der Waals surface area contributed by atoms with E-state index in [9.17, 15) is 0 Å². The third kappa shape index (κ3) is 7.55. The molecule has 1 fully saturated rings. The summed E-state index contributed by atoms with van der Waals surface area (Å²) < 4.78 is 0.921. The van der Waals surface area contributed by atoms with Crippen molar-refractivity contribution in [3.63, 3.8) is 0 Å². The minimum Gasteiger partial charge on any atom is -0.396 e. The molecule has 0 atom stereocenters. The van der Waals surface area contributed by atoms with E-state index in [2.05, 4.69) is 43.2 Å². The lowest BCUT2D eigenvalue weighted by molar-refractivity contribution is 0.186. The summed E-state index contributed by atoms with van der Waals surface area (Å²) in [5.41, 5.74) is 0. The highest BCUT2D eigenvalue weighted by atomic mass is 79.9. The van der Waals surface area contributed by atoms with E-state index in [0.29, 0.717) is 6.61 Å². The van der Waals surface area contributed by atoms with Crippen LogP contribution in [-0.2, 0) is 6.54 Å². The Labute approximate surface area is 154 Å². The first-order chi connectivity index (χ1) is 11.7. The van der Waals surface area contributed by atoms with E-state index < -0.39 is 0 Å². The minimum atomic E-state index is 0.301. The molecule has 1 aromatic rings. The Kier molecular flexibility index (Phi) is 9.17. The molecule has 1 aliphatic carbocycles. The van der Waals surface area contributed by atoms with E-state index in [4.69, 9.17) is 5.11 Å². The van der Waals surface area contributed by atoms with Gasteiger partial charge in [-0.05, 0) is 67.0 Å². The van der Waals surface area contributed by atoms with Gasteiger partial charge in [-0.3, -0.25) is 0 Å². The fraction of sp³-hybridized carbons (Fsp3) is 0.778. The number of nitrogens with one attached hydrogen (secondary N) is 1. The van der Waals surface area contributed by atoms with Crippen molar-refractivity contribution in [3.05, 3.63) is 22.7 Å². The van der Waals surface area contributed by atoms with Crippen LogP contribution in [0.5, 0.6) is 0 Å². The molecule has 5 nitrogen and oxygen atoms in total. The van der Waals surface area contributed by atoms with Crippen LogP contribution >= 0.6 is 15.9 Å². The standard InChI is InChI=1S/C18H31BrN4O/c1-23(9-2-10-24)14-16-5-3-15(4-6-16)7-8-20-13-18-21-11-17(19)12-22-18/h11-12,15-16,20,24H,2-10,13-14H2,1H3. The zero-order valence-corrected chi connectivity index (χ0v) is 16.3. The fourth-order valence-corrected chi connectivity index (χ4v) is 3.72. The monoisotopic (exact) mass is 398 g/mol. The molecule has 2 N–H and O–H groups in total. The van der Waals surface area contributed by atoms with Gasteiger partial charge >= 0.3 is 0 Å². The van der Waals surface area contributed by atoms with Crippen molar-refractivity contribution in [2.24, 2.45) is 11.8 Å². The van der Waals surface area contributed by atoms with Crippen molar-refractivity contribution < 1.29 is 5.11 Å². The largest absolute Gasteiger partial charge is 0.396 e. The van der Waals surface area contributed by atoms with Gasteiger partial charge in [0.15, 0.2) is 0 Å². The van der Waals surface area contributed by atoms with Crippen LogP contribution in [0.3, 0.4) is 0 Å². The summed E-state index contributed by atoms with van der Waals surface area (Å²) in [6.45, 7) is 4.29. The van der Waals surface area contributed by atoms with Crippen molar-refractivity contribution in [2.75, 3.05) is 33.3 Å². The molecule has 2 rings (SSSR count). The maximum Gasteiger partial charge on any atom is 0.142 e. The first-order valence-corrected chi connectivity index (χ1v) is 9.93. The van der Waals surface area contributed by atoms with Gasteiger partial charge in [-0.1, -0.05) is 12.8 Å². The molecule has 24 heavy (non-hydrogen) atoms. The van der Waals surface area contributed by atoms with Crippen LogP contribution in [0.25, 0.3) is 0 Å². The third-order valence-electron chi connectivity index (χ3n) is 4.92. The number of rotatable bonds is 10. The Balaban J connectivity index is 1.54. The minimum absolute atomic E-state index is 0.301. The van der Waals surface area contributed by atoms with Crippen LogP contribution < -0.4 is 5.32 Å². The average molecular weight is 399 g/mol. The first kappa shape index (κ1) is 19.8.